The zero-order chi connectivity index (χ0) is 27.2. The zero-order valence-electron chi connectivity index (χ0n) is 21.0. The first-order valence-electron chi connectivity index (χ1n) is 12.1. The van der Waals surface area contributed by atoms with Gasteiger partial charge in [-0.25, -0.2) is 9.97 Å². The third kappa shape index (κ3) is 4.74. The number of hydrogen-bond donors (Lipinski definition) is 2. The molecule has 196 valence electrons. The fraction of sp³-hybridized carbons (Fsp3) is 0.250. The minimum atomic E-state index is -4.72. The van der Waals surface area contributed by atoms with E-state index in [1.165, 1.54) is 12.1 Å². The quantitative estimate of drug-likeness (QED) is 0.404. The SMILES string of the molecule is Cc1ccc(-c2c(C(N)=O)ccc(N3CCN(C)CC3)c2C(F)(F)F)cc1-c1ccc2nc(N)ncc2c1. The summed E-state index contributed by atoms with van der Waals surface area (Å²) in [5, 5.41) is 0.743. The summed E-state index contributed by atoms with van der Waals surface area (Å²) < 4.78 is 44.3. The van der Waals surface area contributed by atoms with E-state index in [9.17, 15) is 18.0 Å². The number of carbonyl (C=O) groups excluding carboxylic acids is 1. The maximum absolute atomic E-state index is 14.8. The van der Waals surface area contributed by atoms with Crippen LogP contribution in [0.15, 0.2) is 54.7 Å². The fourth-order valence-electron chi connectivity index (χ4n) is 5.00. The third-order valence-electron chi connectivity index (χ3n) is 7.01. The number of benzene rings is 3. The van der Waals surface area contributed by atoms with Crippen molar-refractivity contribution in [2.75, 3.05) is 43.9 Å². The van der Waals surface area contributed by atoms with Crippen molar-refractivity contribution in [1.82, 2.24) is 14.9 Å². The Kier molecular flexibility index (Phi) is 6.44. The van der Waals surface area contributed by atoms with Gasteiger partial charge in [0.15, 0.2) is 0 Å². The Labute approximate surface area is 217 Å². The van der Waals surface area contributed by atoms with Gasteiger partial charge in [0.2, 0.25) is 11.9 Å². The number of primary amides is 1. The van der Waals surface area contributed by atoms with Crippen LogP contribution in [-0.2, 0) is 6.18 Å². The van der Waals surface area contributed by atoms with Crippen molar-refractivity contribution >= 4 is 28.4 Å². The molecule has 4 aromatic rings. The van der Waals surface area contributed by atoms with Crippen LogP contribution in [0.1, 0.15) is 21.5 Å². The zero-order valence-corrected chi connectivity index (χ0v) is 21.0. The lowest BCUT2D eigenvalue weighted by atomic mass is 9.88. The monoisotopic (exact) mass is 520 g/mol. The molecule has 1 aromatic heterocycles. The van der Waals surface area contributed by atoms with Crippen LogP contribution in [-0.4, -0.2) is 54.0 Å². The second-order valence-corrected chi connectivity index (χ2v) is 9.57. The van der Waals surface area contributed by atoms with Gasteiger partial charge in [0.1, 0.15) is 0 Å². The molecule has 7 nitrogen and oxygen atoms in total. The number of nitrogens with two attached hydrogens (primary N) is 2. The Morgan fingerprint density at radius 1 is 0.974 bits per heavy atom. The fourth-order valence-corrected chi connectivity index (χ4v) is 5.00. The molecule has 1 aliphatic rings. The van der Waals surface area contributed by atoms with E-state index >= 15 is 0 Å². The average molecular weight is 521 g/mol. The Hall–Kier alpha value is -4.18. The highest BCUT2D eigenvalue weighted by Crippen LogP contribution is 2.46. The number of aryl methyl sites for hydroxylation is 1. The maximum Gasteiger partial charge on any atom is 0.419 e. The maximum atomic E-state index is 14.8. The molecule has 1 fully saturated rings. The number of alkyl halides is 3. The summed E-state index contributed by atoms with van der Waals surface area (Å²) in [6.07, 6.45) is -3.11. The highest BCUT2D eigenvalue weighted by atomic mass is 19.4. The molecule has 0 bridgehead atoms. The number of piperazine rings is 1. The summed E-state index contributed by atoms with van der Waals surface area (Å²) in [7, 11) is 1.94. The molecular formula is C28H27F3N6O. The molecule has 3 aromatic carbocycles. The number of hydrogen-bond acceptors (Lipinski definition) is 6. The van der Waals surface area contributed by atoms with Gasteiger partial charge in [-0.15, -0.1) is 0 Å². The molecule has 0 saturated carbocycles. The number of aromatic nitrogens is 2. The summed E-state index contributed by atoms with van der Waals surface area (Å²) in [5.41, 5.74) is 13.4. The number of carbonyl (C=O) groups is 1. The van der Waals surface area contributed by atoms with Crippen LogP contribution in [0, 0.1) is 6.92 Å². The predicted molar refractivity (Wildman–Crippen MR) is 143 cm³/mol. The van der Waals surface area contributed by atoms with Gasteiger partial charge in [-0.3, -0.25) is 4.79 Å². The molecule has 2 heterocycles. The molecule has 1 aliphatic heterocycles. The highest BCUT2D eigenvalue weighted by molar-refractivity contribution is 6.02. The van der Waals surface area contributed by atoms with Crippen LogP contribution in [0.4, 0.5) is 24.8 Å². The standard InChI is InChI=1S/C28H27F3N6O/c1-16-3-4-18(14-21(16)17-5-7-22-19(13-17)15-34-27(33)35-22)24-20(26(32)38)6-8-23(25(24)28(29,30)31)37-11-9-36(2)10-12-37/h3-8,13-15H,9-12H2,1-2H3,(H2,32,38)(H2,33,34,35). The van der Waals surface area contributed by atoms with E-state index < -0.39 is 17.6 Å². The molecule has 1 amide bonds. The number of likely N-dealkylation sites (N-methyl/N-ethyl adjacent to an activating group) is 1. The van der Waals surface area contributed by atoms with Gasteiger partial charge in [-0.2, -0.15) is 13.2 Å². The first kappa shape index (κ1) is 25.5. The molecule has 0 spiro atoms. The van der Waals surface area contributed by atoms with Gasteiger partial charge in [0.25, 0.3) is 0 Å². The predicted octanol–water partition coefficient (Wildman–Crippen LogP) is 4.72. The van der Waals surface area contributed by atoms with Crippen molar-refractivity contribution in [3.8, 4) is 22.3 Å². The lowest BCUT2D eigenvalue weighted by molar-refractivity contribution is -0.136. The van der Waals surface area contributed by atoms with Gasteiger partial charge in [0.05, 0.1) is 11.1 Å². The first-order valence-corrected chi connectivity index (χ1v) is 12.1. The van der Waals surface area contributed by atoms with Crippen LogP contribution < -0.4 is 16.4 Å². The number of amides is 1. The number of nitrogen functional groups attached to an aromatic ring is 1. The Morgan fingerprint density at radius 2 is 1.68 bits per heavy atom. The van der Waals surface area contributed by atoms with Crippen LogP contribution in [0.3, 0.4) is 0 Å². The van der Waals surface area contributed by atoms with Crippen LogP contribution in [0.5, 0.6) is 0 Å². The third-order valence-corrected chi connectivity index (χ3v) is 7.01. The minimum absolute atomic E-state index is 0.0492. The molecule has 10 heteroatoms. The van der Waals surface area contributed by atoms with Crippen molar-refractivity contribution in [2.45, 2.75) is 13.1 Å². The number of anilines is 2. The van der Waals surface area contributed by atoms with Crippen LogP contribution >= 0.6 is 0 Å². The van der Waals surface area contributed by atoms with E-state index in [4.69, 9.17) is 11.5 Å². The van der Waals surface area contributed by atoms with E-state index in [1.807, 2.05) is 26.1 Å². The van der Waals surface area contributed by atoms with E-state index in [2.05, 4.69) is 14.9 Å². The second-order valence-electron chi connectivity index (χ2n) is 9.57. The molecule has 5 rings (SSSR count). The van der Waals surface area contributed by atoms with E-state index in [1.54, 1.807) is 35.4 Å². The molecule has 0 atom stereocenters. The Bertz CT molecular complexity index is 1540. The van der Waals surface area contributed by atoms with Crippen molar-refractivity contribution in [3.05, 3.63) is 71.4 Å². The molecule has 0 radical (unpaired) electrons. The van der Waals surface area contributed by atoms with Crippen molar-refractivity contribution < 1.29 is 18.0 Å². The lowest BCUT2D eigenvalue weighted by Crippen LogP contribution is -2.45. The molecule has 1 saturated heterocycles. The average Bonchev–Trinajstić information content (AvgIpc) is 2.88. The topological polar surface area (TPSA) is 101 Å². The number of nitrogens with zero attached hydrogens (tertiary/aromatic N) is 4. The normalized spacial score (nSPS) is 14.7. The number of halogens is 3. The smallest absolute Gasteiger partial charge is 0.368 e. The van der Waals surface area contributed by atoms with Gasteiger partial charge < -0.3 is 21.3 Å². The summed E-state index contributed by atoms with van der Waals surface area (Å²) in [5.74, 6) is -0.764. The Morgan fingerprint density at radius 3 is 2.37 bits per heavy atom. The largest absolute Gasteiger partial charge is 0.419 e. The molecule has 38 heavy (non-hydrogen) atoms. The van der Waals surface area contributed by atoms with Gasteiger partial charge in [-0.1, -0.05) is 18.2 Å². The van der Waals surface area contributed by atoms with Gasteiger partial charge in [0, 0.05) is 54.6 Å². The van der Waals surface area contributed by atoms with E-state index in [0.717, 1.165) is 22.1 Å². The number of fused-ring (bicyclic) bond motifs is 1. The molecule has 0 aliphatic carbocycles. The summed E-state index contributed by atoms with van der Waals surface area (Å²) in [6, 6.07) is 13.3. The summed E-state index contributed by atoms with van der Waals surface area (Å²) >= 11 is 0. The first-order chi connectivity index (χ1) is 18.0. The van der Waals surface area contributed by atoms with Crippen molar-refractivity contribution in [2.24, 2.45) is 5.73 Å². The van der Waals surface area contributed by atoms with Crippen molar-refractivity contribution in [3.63, 3.8) is 0 Å². The van der Waals surface area contributed by atoms with Crippen LogP contribution in [0.2, 0.25) is 0 Å². The highest BCUT2D eigenvalue weighted by Gasteiger charge is 2.40. The van der Waals surface area contributed by atoms with E-state index in [-0.39, 0.29) is 28.3 Å². The lowest BCUT2D eigenvalue weighted by Gasteiger charge is -2.36. The van der Waals surface area contributed by atoms with E-state index in [0.29, 0.717) is 31.7 Å². The van der Waals surface area contributed by atoms with Crippen molar-refractivity contribution in [1.29, 1.82) is 0 Å². The molecular weight excluding hydrogens is 493 g/mol. The number of rotatable bonds is 4. The summed E-state index contributed by atoms with van der Waals surface area (Å²) in [6.45, 7) is 4.03. The minimum Gasteiger partial charge on any atom is -0.368 e. The summed E-state index contributed by atoms with van der Waals surface area (Å²) in [4.78, 5) is 24.5. The molecule has 4 N–H and O–H groups in total. The second kappa shape index (κ2) is 9.60. The van der Waals surface area contributed by atoms with Gasteiger partial charge in [-0.05, 0) is 66.6 Å². The Balaban J connectivity index is 1.72. The molecule has 0 unspecified atom stereocenters. The van der Waals surface area contributed by atoms with Crippen LogP contribution in [0.25, 0.3) is 33.2 Å². The van der Waals surface area contributed by atoms with Gasteiger partial charge >= 0.3 is 6.18 Å².